The van der Waals surface area contributed by atoms with Gasteiger partial charge in [0.25, 0.3) is 0 Å². The fourth-order valence-corrected chi connectivity index (χ4v) is 2.20. The summed E-state index contributed by atoms with van der Waals surface area (Å²) >= 11 is 0. The van der Waals surface area contributed by atoms with Crippen molar-refractivity contribution in [2.75, 3.05) is 38.6 Å². The van der Waals surface area contributed by atoms with E-state index in [-0.39, 0.29) is 24.0 Å². The van der Waals surface area contributed by atoms with Gasteiger partial charge in [0, 0.05) is 58.4 Å². The van der Waals surface area contributed by atoms with Gasteiger partial charge in [0.2, 0.25) is 0 Å². The SMILES string of the molecule is CN=C(NCCN(C)c1ccccc1)NCCn1cccc1.I. The molecule has 0 aliphatic carbocycles. The second-order valence-electron chi connectivity index (χ2n) is 5.10. The molecule has 0 unspecified atom stereocenters. The van der Waals surface area contributed by atoms with Gasteiger partial charge in [-0.05, 0) is 24.3 Å². The molecule has 2 N–H and O–H groups in total. The molecule has 0 saturated carbocycles. The number of halogens is 1. The van der Waals surface area contributed by atoms with E-state index >= 15 is 0 Å². The van der Waals surface area contributed by atoms with Crippen molar-refractivity contribution in [3.8, 4) is 0 Å². The average Bonchev–Trinajstić information content (AvgIpc) is 3.07. The van der Waals surface area contributed by atoms with E-state index in [0.29, 0.717) is 0 Å². The van der Waals surface area contributed by atoms with Crippen LogP contribution in [0.4, 0.5) is 5.69 Å². The Morgan fingerprint density at radius 1 is 1.04 bits per heavy atom. The van der Waals surface area contributed by atoms with E-state index in [4.69, 9.17) is 0 Å². The van der Waals surface area contributed by atoms with Crippen LogP contribution in [0.15, 0.2) is 59.9 Å². The molecule has 6 heteroatoms. The number of nitrogens with one attached hydrogen (secondary N) is 2. The minimum atomic E-state index is 0. The number of likely N-dealkylation sites (N-methyl/N-ethyl adjacent to an activating group) is 1. The highest BCUT2D eigenvalue weighted by atomic mass is 127. The lowest BCUT2D eigenvalue weighted by Crippen LogP contribution is -2.42. The van der Waals surface area contributed by atoms with Gasteiger partial charge >= 0.3 is 0 Å². The van der Waals surface area contributed by atoms with Gasteiger partial charge in [0.05, 0.1) is 0 Å². The molecule has 23 heavy (non-hydrogen) atoms. The maximum atomic E-state index is 4.24. The summed E-state index contributed by atoms with van der Waals surface area (Å²) in [7, 11) is 3.89. The third-order valence-electron chi connectivity index (χ3n) is 3.49. The quantitative estimate of drug-likeness (QED) is 0.405. The maximum Gasteiger partial charge on any atom is 0.191 e. The number of anilines is 1. The first-order valence-electron chi connectivity index (χ1n) is 7.61. The smallest absolute Gasteiger partial charge is 0.191 e. The van der Waals surface area contributed by atoms with Gasteiger partial charge in [-0.25, -0.2) is 0 Å². The molecule has 0 saturated heterocycles. The third-order valence-corrected chi connectivity index (χ3v) is 3.49. The van der Waals surface area contributed by atoms with E-state index in [9.17, 15) is 0 Å². The van der Waals surface area contributed by atoms with Crippen LogP contribution in [0.1, 0.15) is 0 Å². The number of aromatic nitrogens is 1. The van der Waals surface area contributed by atoms with E-state index in [0.717, 1.165) is 32.1 Å². The largest absolute Gasteiger partial charge is 0.373 e. The Labute approximate surface area is 155 Å². The Bertz CT molecular complexity index is 554. The zero-order valence-corrected chi connectivity index (χ0v) is 16.1. The predicted octanol–water partition coefficient (Wildman–Crippen LogP) is 2.41. The summed E-state index contributed by atoms with van der Waals surface area (Å²) in [4.78, 5) is 6.47. The van der Waals surface area contributed by atoms with Crippen LogP contribution in [0.3, 0.4) is 0 Å². The molecular weight excluding hydrogens is 401 g/mol. The highest BCUT2D eigenvalue weighted by molar-refractivity contribution is 14.0. The first kappa shape index (κ1) is 19.3. The number of hydrogen-bond donors (Lipinski definition) is 2. The number of benzene rings is 1. The zero-order chi connectivity index (χ0) is 15.6. The summed E-state index contributed by atoms with van der Waals surface area (Å²) in [6, 6.07) is 14.4. The lowest BCUT2D eigenvalue weighted by molar-refractivity contribution is 0.664. The summed E-state index contributed by atoms with van der Waals surface area (Å²) in [5.74, 6) is 0.841. The topological polar surface area (TPSA) is 44.6 Å². The second-order valence-corrected chi connectivity index (χ2v) is 5.10. The van der Waals surface area contributed by atoms with Crippen molar-refractivity contribution in [2.45, 2.75) is 6.54 Å². The van der Waals surface area contributed by atoms with Gasteiger partial charge in [-0.3, -0.25) is 4.99 Å². The van der Waals surface area contributed by atoms with Crippen molar-refractivity contribution in [3.63, 3.8) is 0 Å². The van der Waals surface area contributed by atoms with E-state index in [1.54, 1.807) is 7.05 Å². The zero-order valence-electron chi connectivity index (χ0n) is 13.8. The number of guanidine groups is 1. The number of nitrogens with zero attached hydrogens (tertiary/aromatic N) is 3. The van der Waals surface area contributed by atoms with Crippen molar-refractivity contribution in [1.29, 1.82) is 0 Å². The third kappa shape index (κ3) is 6.94. The van der Waals surface area contributed by atoms with Gasteiger partial charge in [0.15, 0.2) is 5.96 Å². The number of hydrogen-bond acceptors (Lipinski definition) is 2. The molecule has 5 nitrogen and oxygen atoms in total. The van der Waals surface area contributed by atoms with Crippen LogP contribution in [-0.2, 0) is 6.54 Å². The molecule has 0 radical (unpaired) electrons. The van der Waals surface area contributed by atoms with Crippen molar-refractivity contribution in [1.82, 2.24) is 15.2 Å². The van der Waals surface area contributed by atoms with Crippen molar-refractivity contribution >= 4 is 35.6 Å². The summed E-state index contributed by atoms with van der Waals surface area (Å²) in [6.45, 7) is 3.54. The highest BCUT2D eigenvalue weighted by Gasteiger charge is 2.01. The fraction of sp³-hybridized carbons (Fsp3) is 0.353. The van der Waals surface area contributed by atoms with E-state index < -0.39 is 0 Å². The second kappa shape index (κ2) is 10.9. The maximum absolute atomic E-state index is 4.24. The fourth-order valence-electron chi connectivity index (χ4n) is 2.20. The van der Waals surface area contributed by atoms with E-state index in [1.807, 2.05) is 18.2 Å². The Morgan fingerprint density at radius 3 is 2.35 bits per heavy atom. The number of aliphatic imine (C=N–C) groups is 1. The van der Waals surface area contributed by atoms with Crippen LogP contribution in [-0.4, -0.2) is 44.3 Å². The van der Waals surface area contributed by atoms with Gasteiger partial charge in [0.1, 0.15) is 0 Å². The minimum Gasteiger partial charge on any atom is -0.373 e. The standard InChI is InChI=1S/C17H25N5.HI/c1-18-17(20-11-15-22-12-6-7-13-22)19-10-14-21(2)16-8-4-3-5-9-16;/h3-9,12-13H,10-11,14-15H2,1-2H3,(H2,18,19,20);1H. The highest BCUT2D eigenvalue weighted by Crippen LogP contribution is 2.09. The van der Waals surface area contributed by atoms with Crippen molar-refractivity contribution in [3.05, 3.63) is 54.9 Å². The molecule has 126 valence electrons. The first-order valence-corrected chi connectivity index (χ1v) is 7.61. The van der Waals surface area contributed by atoms with Gasteiger partial charge in [-0.2, -0.15) is 0 Å². The van der Waals surface area contributed by atoms with Gasteiger partial charge in [-0.15, -0.1) is 24.0 Å². The molecule has 0 atom stereocenters. The Kier molecular flexibility index (Phi) is 9.20. The van der Waals surface area contributed by atoms with Gasteiger partial charge in [-0.1, -0.05) is 18.2 Å². The predicted molar refractivity (Wildman–Crippen MR) is 109 cm³/mol. The normalized spacial score (nSPS) is 10.8. The monoisotopic (exact) mass is 427 g/mol. The summed E-state index contributed by atoms with van der Waals surface area (Å²) in [5, 5.41) is 6.66. The van der Waals surface area contributed by atoms with Crippen LogP contribution < -0.4 is 15.5 Å². The lowest BCUT2D eigenvalue weighted by atomic mass is 10.3. The average molecular weight is 427 g/mol. The number of para-hydroxylation sites is 1. The van der Waals surface area contributed by atoms with Crippen LogP contribution in [0.25, 0.3) is 0 Å². The molecule has 1 aromatic carbocycles. The Balaban J connectivity index is 0.00000264. The van der Waals surface area contributed by atoms with Crippen LogP contribution >= 0.6 is 24.0 Å². The van der Waals surface area contributed by atoms with E-state index in [1.165, 1.54) is 5.69 Å². The van der Waals surface area contributed by atoms with Crippen LogP contribution in [0.5, 0.6) is 0 Å². The lowest BCUT2D eigenvalue weighted by Gasteiger charge is -2.20. The van der Waals surface area contributed by atoms with E-state index in [2.05, 4.69) is 68.8 Å². The molecule has 2 rings (SSSR count). The molecule has 2 aromatic rings. The van der Waals surface area contributed by atoms with Crippen molar-refractivity contribution < 1.29 is 0 Å². The first-order chi connectivity index (χ1) is 10.8. The summed E-state index contributed by atoms with van der Waals surface area (Å²) in [5.41, 5.74) is 1.22. The molecule has 0 spiro atoms. The molecule has 0 aliphatic rings. The van der Waals surface area contributed by atoms with Crippen LogP contribution in [0, 0.1) is 0 Å². The molecule has 1 heterocycles. The molecule has 0 bridgehead atoms. The Hall–Kier alpha value is -1.70. The summed E-state index contributed by atoms with van der Waals surface area (Å²) in [6.07, 6.45) is 4.12. The molecular formula is C17H26IN5. The van der Waals surface area contributed by atoms with Gasteiger partial charge < -0.3 is 20.1 Å². The van der Waals surface area contributed by atoms with Crippen LogP contribution in [0.2, 0.25) is 0 Å². The molecule has 0 fully saturated rings. The molecule has 1 aromatic heterocycles. The minimum absolute atomic E-state index is 0. The molecule has 0 aliphatic heterocycles. The Morgan fingerprint density at radius 2 is 1.70 bits per heavy atom. The number of rotatable bonds is 7. The summed E-state index contributed by atoms with van der Waals surface area (Å²) < 4.78 is 2.14. The van der Waals surface area contributed by atoms with Crippen molar-refractivity contribution in [2.24, 2.45) is 4.99 Å². The molecule has 0 amide bonds.